The Morgan fingerprint density at radius 2 is 1.00 bits per heavy atom. The second kappa shape index (κ2) is 6.15. The molecule has 0 amide bonds. The molecule has 0 aromatic rings. The SMILES string of the molecule is FCC(F)(F)C(F)(F)C(F)(F)C(F)(F)C(F)(F)CC[Si](F)(F)Cl. The first-order valence-corrected chi connectivity index (χ1v) is 8.26. The second-order valence-corrected chi connectivity index (χ2v) is 7.77. The molecule has 0 atom stereocenters. The molecule has 0 saturated carbocycles. The van der Waals surface area contributed by atoms with Crippen molar-refractivity contribution in [1.82, 2.24) is 0 Å². The summed E-state index contributed by atoms with van der Waals surface area (Å²) in [7, 11) is -5.98. The minimum Gasteiger partial charge on any atom is -0.253 e. The van der Waals surface area contributed by atoms with Crippen LogP contribution >= 0.6 is 11.1 Å². The highest BCUT2D eigenvalue weighted by Gasteiger charge is 2.86. The molecule has 0 bridgehead atoms. The third-order valence-electron chi connectivity index (χ3n) is 2.60. The quantitative estimate of drug-likeness (QED) is 0.275. The van der Waals surface area contributed by atoms with Gasteiger partial charge in [0.1, 0.15) is 0 Å². The monoisotopic (exact) mass is 412 g/mol. The summed E-state index contributed by atoms with van der Waals surface area (Å²) in [5.74, 6) is -34.5. The van der Waals surface area contributed by atoms with Gasteiger partial charge in [-0.2, -0.15) is 43.9 Å². The number of alkyl halides is 11. The average molecular weight is 413 g/mol. The maximum atomic E-state index is 13.0. The van der Waals surface area contributed by atoms with E-state index in [1.165, 1.54) is 0 Å². The van der Waals surface area contributed by atoms with Gasteiger partial charge in [-0.25, -0.2) is 4.39 Å². The van der Waals surface area contributed by atoms with E-state index in [9.17, 15) is 56.5 Å². The second-order valence-electron chi connectivity index (χ2n) is 4.38. The molecule has 140 valence electrons. The van der Waals surface area contributed by atoms with Gasteiger partial charge in [-0.05, 0) is 0 Å². The van der Waals surface area contributed by atoms with Crippen LogP contribution in [0.2, 0.25) is 6.04 Å². The van der Waals surface area contributed by atoms with E-state index in [-0.39, 0.29) is 0 Å². The molecule has 0 N–H and O–H groups in total. The molecular weight excluding hydrogens is 407 g/mol. The summed E-state index contributed by atoms with van der Waals surface area (Å²) in [6, 6.07) is -2.21. The van der Waals surface area contributed by atoms with Crippen LogP contribution in [0.5, 0.6) is 0 Å². The molecule has 0 saturated heterocycles. The highest BCUT2D eigenvalue weighted by atomic mass is 35.6. The lowest BCUT2D eigenvalue weighted by atomic mass is 9.93. The Morgan fingerprint density at radius 3 is 1.30 bits per heavy atom. The third kappa shape index (κ3) is 3.99. The van der Waals surface area contributed by atoms with E-state index in [1.54, 1.807) is 0 Å². The largest absolute Gasteiger partial charge is 0.521 e. The first kappa shape index (κ1) is 22.6. The lowest BCUT2D eigenvalue weighted by molar-refractivity contribution is -0.402. The highest BCUT2D eigenvalue weighted by molar-refractivity contribution is 7.12. The van der Waals surface area contributed by atoms with Gasteiger partial charge in [-0.15, -0.1) is 0 Å². The fraction of sp³-hybridized carbons (Fsp3) is 1.00. The van der Waals surface area contributed by atoms with E-state index in [1.807, 2.05) is 0 Å². The Labute approximate surface area is 125 Å². The molecule has 0 aromatic carbocycles. The standard InChI is InChI=1S/C8H6ClF13Si/c9-23(21,22)2-1-4(11,12)6(15,16)8(19,20)7(17,18)5(13,14)3-10/h1-3H2. The van der Waals surface area contributed by atoms with Gasteiger partial charge >= 0.3 is 37.7 Å². The van der Waals surface area contributed by atoms with Crippen molar-refractivity contribution in [2.24, 2.45) is 0 Å². The molecule has 0 aliphatic carbocycles. The molecule has 0 aliphatic rings. The summed E-state index contributed by atoms with van der Waals surface area (Å²) in [4.78, 5) is 0. The molecule has 0 nitrogen and oxygen atoms in total. The Balaban J connectivity index is 5.78. The number of rotatable bonds is 8. The van der Waals surface area contributed by atoms with Crippen molar-refractivity contribution in [2.45, 2.75) is 42.1 Å². The normalized spacial score (nSPS) is 15.9. The predicted molar refractivity (Wildman–Crippen MR) is 54.0 cm³/mol. The van der Waals surface area contributed by atoms with E-state index in [0.717, 1.165) is 0 Å². The van der Waals surface area contributed by atoms with Crippen LogP contribution in [0.25, 0.3) is 0 Å². The zero-order valence-corrected chi connectivity index (χ0v) is 12.2. The topological polar surface area (TPSA) is 0 Å². The minimum absolute atomic E-state index is 2.21. The zero-order valence-electron chi connectivity index (χ0n) is 10.4. The van der Waals surface area contributed by atoms with Crippen molar-refractivity contribution in [1.29, 1.82) is 0 Å². The zero-order chi connectivity index (χ0) is 19.1. The molecule has 0 fully saturated rings. The van der Waals surface area contributed by atoms with Crippen LogP contribution in [0, 0.1) is 0 Å². The summed E-state index contributed by atoms with van der Waals surface area (Å²) >= 11 is 4.21. The van der Waals surface area contributed by atoms with Crippen LogP contribution in [0.3, 0.4) is 0 Å². The van der Waals surface area contributed by atoms with Crippen LogP contribution < -0.4 is 0 Å². The van der Waals surface area contributed by atoms with Crippen LogP contribution in [-0.2, 0) is 0 Å². The Morgan fingerprint density at radius 1 is 0.652 bits per heavy atom. The Bertz CT molecular complexity index is 415. The summed E-state index contributed by atoms with van der Waals surface area (Å²) in [5, 5.41) is 0. The van der Waals surface area contributed by atoms with Gasteiger partial charge in [-0.3, -0.25) is 8.22 Å². The van der Waals surface area contributed by atoms with Gasteiger partial charge in [0.15, 0.2) is 6.67 Å². The molecule has 0 aromatic heterocycles. The summed E-state index contributed by atoms with van der Waals surface area (Å²) in [6.07, 6.45) is -2.77. The fourth-order valence-corrected chi connectivity index (χ4v) is 2.08. The average Bonchev–Trinajstić information content (AvgIpc) is 2.34. The van der Waals surface area contributed by atoms with Gasteiger partial charge < -0.3 is 0 Å². The summed E-state index contributed by atoms with van der Waals surface area (Å²) in [6.45, 7) is -3.55. The highest BCUT2D eigenvalue weighted by Crippen LogP contribution is 2.58. The number of hydrogen-bond acceptors (Lipinski definition) is 0. The van der Waals surface area contributed by atoms with E-state index in [0.29, 0.717) is 0 Å². The Hall–Kier alpha value is -0.403. The minimum atomic E-state index is -7.44. The first-order chi connectivity index (χ1) is 9.77. The molecule has 15 heteroatoms. The van der Waals surface area contributed by atoms with E-state index in [2.05, 4.69) is 11.1 Å². The van der Waals surface area contributed by atoms with Gasteiger partial charge in [0, 0.05) is 12.5 Å². The fourth-order valence-electron chi connectivity index (χ4n) is 1.20. The first-order valence-electron chi connectivity index (χ1n) is 5.28. The Kier molecular flexibility index (Phi) is 6.04. The lowest BCUT2D eigenvalue weighted by Crippen LogP contribution is -2.67. The van der Waals surface area contributed by atoms with E-state index in [4.69, 9.17) is 0 Å². The molecule has 0 aliphatic heterocycles. The predicted octanol–water partition coefficient (Wildman–Crippen LogP) is 5.64. The molecule has 0 radical (unpaired) electrons. The molecule has 0 unspecified atom stereocenters. The smallest absolute Gasteiger partial charge is 0.253 e. The van der Waals surface area contributed by atoms with Crippen LogP contribution in [0.1, 0.15) is 6.42 Å². The molecule has 0 rings (SSSR count). The molecule has 0 spiro atoms. The van der Waals surface area contributed by atoms with Crippen molar-refractivity contribution in [3.63, 3.8) is 0 Å². The maximum Gasteiger partial charge on any atom is 0.521 e. The van der Waals surface area contributed by atoms with Gasteiger partial charge in [-0.1, -0.05) is 11.1 Å². The molecular formula is C8H6ClF13Si. The van der Waals surface area contributed by atoms with Gasteiger partial charge in [0.2, 0.25) is 0 Å². The van der Waals surface area contributed by atoms with E-state index < -0.39 is 56.8 Å². The maximum absolute atomic E-state index is 13.0. The lowest BCUT2D eigenvalue weighted by Gasteiger charge is -2.38. The van der Waals surface area contributed by atoms with Crippen LogP contribution in [0.15, 0.2) is 0 Å². The number of hydrogen-bond donors (Lipinski definition) is 0. The van der Waals surface area contributed by atoms with Gasteiger partial charge in [0.05, 0.1) is 0 Å². The van der Waals surface area contributed by atoms with E-state index >= 15 is 0 Å². The molecule has 23 heavy (non-hydrogen) atoms. The van der Waals surface area contributed by atoms with Crippen LogP contribution in [0.4, 0.5) is 56.5 Å². The van der Waals surface area contributed by atoms with Crippen LogP contribution in [-0.4, -0.2) is 44.3 Å². The van der Waals surface area contributed by atoms with Crippen molar-refractivity contribution < 1.29 is 56.5 Å². The summed E-state index contributed by atoms with van der Waals surface area (Å²) in [5.41, 5.74) is 0. The van der Waals surface area contributed by atoms with Gasteiger partial charge in [0.25, 0.3) is 0 Å². The third-order valence-corrected chi connectivity index (χ3v) is 3.98. The molecule has 0 heterocycles. The van der Waals surface area contributed by atoms with Crippen molar-refractivity contribution in [3.8, 4) is 0 Å². The summed E-state index contributed by atoms with van der Waals surface area (Å²) < 4.78 is 164. The van der Waals surface area contributed by atoms with Crippen molar-refractivity contribution in [2.75, 3.05) is 6.67 Å². The van der Waals surface area contributed by atoms with Crippen molar-refractivity contribution in [3.05, 3.63) is 0 Å². The van der Waals surface area contributed by atoms with Crippen molar-refractivity contribution >= 4 is 19.1 Å². The number of halogens is 14.